The molecule has 3 N–H and O–H groups in total. The first kappa shape index (κ1) is 11.5. The minimum Gasteiger partial charge on any atom is -0.376 e. The number of ether oxygens (including phenoxy) is 1. The van der Waals surface area contributed by atoms with Crippen molar-refractivity contribution in [3.63, 3.8) is 0 Å². The number of nitrogens with one attached hydrogen (secondary N) is 1. The second-order valence-electron chi connectivity index (χ2n) is 4.53. The Morgan fingerprint density at radius 3 is 2.71 bits per heavy atom. The Balaban J connectivity index is 2.48. The molecule has 1 rings (SSSR count). The number of hydrogen-bond donors (Lipinski definition) is 2. The van der Waals surface area contributed by atoms with Gasteiger partial charge >= 0.3 is 0 Å². The fraction of sp³-hybridized carbons (Fsp3) is 0.900. The van der Waals surface area contributed by atoms with Gasteiger partial charge in [-0.1, -0.05) is 0 Å². The van der Waals surface area contributed by atoms with Crippen LogP contribution in [-0.4, -0.2) is 31.2 Å². The lowest BCUT2D eigenvalue weighted by atomic mass is 9.92. The van der Waals surface area contributed by atoms with Gasteiger partial charge in [-0.3, -0.25) is 4.79 Å². The monoisotopic (exact) mass is 200 g/mol. The quantitative estimate of drug-likeness (QED) is 0.687. The van der Waals surface area contributed by atoms with Gasteiger partial charge in [-0.15, -0.1) is 0 Å². The Bertz CT molecular complexity index is 216. The second kappa shape index (κ2) is 4.28. The van der Waals surface area contributed by atoms with E-state index in [4.69, 9.17) is 10.5 Å². The number of amides is 1. The third-order valence-electron chi connectivity index (χ3n) is 2.82. The van der Waals surface area contributed by atoms with Crippen LogP contribution in [0.5, 0.6) is 0 Å². The molecule has 0 radical (unpaired) electrons. The summed E-state index contributed by atoms with van der Waals surface area (Å²) in [5.74, 6) is 0.0161. The van der Waals surface area contributed by atoms with E-state index in [-0.39, 0.29) is 18.1 Å². The fourth-order valence-corrected chi connectivity index (χ4v) is 1.38. The van der Waals surface area contributed by atoms with E-state index in [1.54, 1.807) is 0 Å². The predicted molar refractivity (Wildman–Crippen MR) is 54.8 cm³/mol. The zero-order valence-corrected chi connectivity index (χ0v) is 9.17. The van der Waals surface area contributed by atoms with Gasteiger partial charge in [0.25, 0.3) is 0 Å². The zero-order chi connectivity index (χ0) is 10.8. The Morgan fingerprint density at radius 1 is 1.64 bits per heavy atom. The topological polar surface area (TPSA) is 64.3 Å². The average molecular weight is 200 g/mol. The van der Waals surface area contributed by atoms with Crippen molar-refractivity contribution in [2.75, 3.05) is 13.2 Å². The fourth-order valence-electron chi connectivity index (χ4n) is 1.38. The molecule has 0 aromatic carbocycles. The average Bonchev–Trinajstić information content (AvgIpc) is 2.52. The number of hydrogen-bond acceptors (Lipinski definition) is 3. The van der Waals surface area contributed by atoms with Crippen molar-refractivity contribution in [3.8, 4) is 0 Å². The summed E-state index contributed by atoms with van der Waals surface area (Å²) in [6.45, 7) is 6.77. The molecule has 4 nitrogen and oxygen atoms in total. The van der Waals surface area contributed by atoms with Crippen LogP contribution in [0.15, 0.2) is 0 Å². The molecule has 1 saturated heterocycles. The van der Waals surface area contributed by atoms with E-state index in [1.165, 1.54) is 0 Å². The molecule has 0 saturated carbocycles. The minimum absolute atomic E-state index is 0.0161. The van der Waals surface area contributed by atoms with E-state index in [1.807, 2.05) is 20.8 Å². The van der Waals surface area contributed by atoms with Gasteiger partial charge in [-0.2, -0.15) is 0 Å². The normalized spacial score (nSPS) is 27.7. The molecule has 4 heteroatoms. The molecule has 14 heavy (non-hydrogen) atoms. The summed E-state index contributed by atoms with van der Waals surface area (Å²) in [5.41, 5.74) is 5.04. The van der Waals surface area contributed by atoms with Gasteiger partial charge in [0.2, 0.25) is 5.91 Å². The van der Waals surface area contributed by atoms with Crippen LogP contribution < -0.4 is 11.1 Å². The zero-order valence-electron chi connectivity index (χ0n) is 9.17. The van der Waals surface area contributed by atoms with Crippen molar-refractivity contribution >= 4 is 5.91 Å². The molecular formula is C10H20N2O2. The van der Waals surface area contributed by atoms with Crippen LogP contribution in [0.25, 0.3) is 0 Å². The van der Waals surface area contributed by atoms with Gasteiger partial charge in [0.05, 0.1) is 17.6 Å². The number of carbonyl (C=O) groups excluding carboxylic acids is 1. The van der Waals surface area contributed by atoms with E-state index in [9.17, 15) is 4.79 Å². The molecule has 0 aromatic heterocycles. The summed E-state index contributed by atoms with van der Waals surface area (Å²) in [6.07, 6.45) is 1.01. The highest BCUT2D eigenvalue weighted by atomic mass is 16.5. The Morgan fingerprint density at radius 2 is 2.29 bits per heavy atom. The third kappa shape index (κ3) is 2.45. The molecule has 1 fully saturated rings. The Kier molecular flexibility index (Phi) is 3.50. The van der Waals surface area contributed by atoms with E-state index >= 15 is 0 Å². The van der Waals surface area contributed by atoms with Gasteiger partial charge in [0.15, 0.2) is 0 Å². The molecule has 82 valence electrons. The lowest BCUT2D eigenvalue weighted by Gasteiger charge is -2.25. The summed E-state index contributed by atoms with van der Waals surface area (Å²) in [4.78, 5) is 11.8. The third-order valence-corrected chi connectivity index (χ3v) is 2.82. The molecule has 0 spiro atoms. The molecule has 1 heterocycles. The lowest BCUT2D eigenvalue weighted by Crippen LogP contribution is -2.48. The largest absolute Gasteiger partial charge is 0.376 e. The van der Waals surface area contributed by atoms with Crippen LogP contribution in [0.3, 0.4) is 0 Å². The van der Waals surface area contributed by atoms with Crippen molar-refractivity contribution < 1.29 is 9.53 Å². The Labute approximate surface area is 85.2 Å². The smallest absolute Gasteiger partial charge is 0.227 e. The van der Waals surface area contributed by atoms with Gasteiger partial charge in [-0.05, 0) is 27.2 Å². The van der Waals surface area contributed by atoms with Crippen LogP contribution in [0.1, 0.15) is 27.2 Å². The van der Waals surface area contributed by atoms with Gasteiger partial charge in [-0.25, -0.2) is 0 Å². The van der Waals surface area contributed by atoms with Crippen LogP contribution >= 0.6 is 0 Å². The molecule has 0 aliphatic carbocycles. The number of nitrogens with two attached hydrogens (primary N) is 1. The van der Waals surface area contributed by atoms with E-state index < -0.39 is 5.41 Å². The lowest BCUT2D eigenvalue weighted by molar-refractivity contribution is -0.130. The summed E-state index contributed by atoms with van der Waals surface area (Å²) in [5, 5.41) is 2.98. The van der Waals surface area contributed by atoms with Crippen molar-refractivity contribution in [1.82, 2.24) is 5.32 Å². The van der Waals surface area contributed by atoms with E-state index in [0.717, 1.165) is 13.0 Å². The van der Waals surface area contributed by atoms with Crippen LogP contribution in [0, 0.1) is 5.41 Å². The SMILES string of the molecule is CC1OCCC1NC(=O)C(C)(C)CN. The first-order chi connectivity index (χ1) is 6.47. The minimum atomic E-state index is -0.484. The highest BCUT2D eigenvalue weighted by Crippen LogP contribution is 2.17. The molecular weight excluding hydrogens is 180 g/mol. The second-order valence-corrected chi connectivity index (χ2v) is 4.53. The van der Waals surface area contributed by atoms with Crippen LogP contribution in [0.2, 0.25) is 0 Å². The van der Waals surface area contributed by atoms with E-state index in [2.05, 4.69) is 5.32 Å². The van der Waals surface area contributed by atoms with E-state index in [0.29, 0.717) is 6.54 Å². The molecule has 2 unspecified atom stereocenters. The maximum Gasteiger partial charge on any atom is 0.227 e. The molecule has 2 atom stereocenters. The Hall–Kier alpha value is -0.610. The van der Waals surface area contributed by atoms with Gasteiger partial charge in [0.1, 0.15) is 0 Å². The maximum atomic E-state index is 11.8. The summed E-state index contributed by atoms with van der Waals surface area (Å²) in [7, 11) is 0. The van der Waals surface area contributed by atoms with Crippen LogP contribution in [0.4, 0.5) is 0 Å². The van der Waals surface area contributed by atoms with Gasteiger partial charge in [0, 0.05) is 13.2 Å². The summed E-state index contributed by atoms with van der Waals surface area (Å²) >= 11 is 0. The van der Waals surface area contributed by atoms with Crippen molar-refractivity contribution in [2.45, 2.75) is 39.3 Å². The summed E-state index contributed by atoms with van der Waals surface area (Å²) in [6, 6.07) is 0.147. The molecule has 0 aromatic rings. The standard InChI is InChI=1S/C10H20N2O2/c1-7-8(4-5-14-7)12-9(13)10(2,3)6-11/h7-8H,4-6,11H2,1-3H3,(H,12,13). The molecule has 1 amide bonds. The van der Waals surface area contributed by atoms with Crippen molar-refractivity contribution in [1.29, 1.82) is 0 Å². The number of carbonyl (C=O) groups is 1. The highest BCUT2D eigenvalue weighted by Gasteiger charge is 2.31. The molecule has 1 aliphatic heterocycles. The predicted octanol–water partition coefficient (Wildman–Crippen LogP) is 0.265. The van der Waals surface area contributed by atoms with Crippen molar-refractivity contribution in [2.24, 2.45) is 11.1 Å². The molecule has 1 aliphatic rings. The maximum absolute atomic E-state index is 11.8. The highest BCUT2D eigenvalue weighted by molar-refractivity contribution is 5.82. The molecule has 0 bridgehead atoms. The number of rotatable bonds is 3. The summed E-state index contributed by atoms with van der Waals surface area (Å²) < 4.78 is 5.37. The van der Waals surface area contributed by atoms with Gasteiger partial charge < -0.3 is 15.8 Å². The van der Waals surface area contributed by atoms with Crippen LogP contribution in [-0.2, 0) is 9.53 Å². The first-order valence-electron chi connectivity index (χ1n) is 5.10. The van der Waals surface area contributed by atoms with Crippen molar-refractivity contribution in [3.05, 3.63) is 0 Å². The first-order valence-corrected chi connectivity index (χ1v) is 5.10.